The van der Waals surface area contributed by atoms with Gasteiger partial charge in [-0.25, -0.2) is 4.98 Å². The van der Waals surface area contributed by atoms with Crippen LogP contribution >= 0.6 is 23.2 Å². The molecule has 0 aliphatic heterocycles. The average Bonchev–Trinajstić information content (AvgIpc) is 3.10. The topological polar surface area (TPSA) is 79.9 Å². The zero-order valence-electron chi connectivity index (χ0n) is 18.4. The number of hydrogen-bond donors (Lipinski definition) is 1. The molecule has 8 heteroatoms. The maximum absolute atomic E-state index is 10.4. The normalized spacial score (nSPS) is 12.0. The second-order valence-corrected chi connectivity index (χ2v) is 8.58. The van der Waals surface area contributed by atoms with Gasteiger partial charge in [0.2, 0.25) is 6.41 Å². The molecular formula is C24H26Cl2N4O2. The Morgan fingerprint density at radius 3 is 2.78 bits per heavy atom. The Hall–Kier alpha value is -2.59. The Morgan fingerprint density at radius 1 is 1.31 bits per heavy atom. The minimum atomic E-state index is 0.0230. The number of hydrogen-bond acceptors (Lipinski definition) is 4. The molecule has 32 heavy (non-hydrogen) atoms. The van der Waals surface area contributed by atoms with Gasteiger partial charge in [0.25, 0.3) is 0 Å². The van der Waals surface area contributed by atoms with Crippen LogP contribution in [-0.2, 0) is 29.4 Å². The quantitative estimate of drug-likeness (QED) is 0.341. The number of methoxy groups -OCH3 is 1. The largest absolute Gasteiger partial charge is 0.381 e. The highest BCUT2D eigenvalue weighted by Crippen LogP contribution is 2.32. The number of carbonyl (C=O) groups is 1. The molecule has 0 aliphatic carbocycles. The lowest BCUT2D eigenvalue weighted by molar-refractivity contribution is -0.109. The van der Waals surface area contributed by atoms with Crippen molar-refractivity contribution in [3.63, 3.8) is 0 Å². The standard InChI is InChI=1S/C24H26Cl2N4O2/c1-15-10-16(13-27)11-21-24(15)29-22(30(21)2)12-19-20(25)7-5-17(23(19)26)4-6-18(32-3)8-9-28-14-31/h5,7,10-11,14,18H,4,6,8-9,12H2,1-3H3,(H,28,31). The molecule has 1 heterocycles. The van der Waals surface area contributed by atoms with Crippen molar-refractivity contribution < 1.29 is 9.53 Å². The summed E-state index contributed by atoms with van der Waals surface area (Å²) in [7, 11) is 3.61. The zero-order chi connectivity index (χ0) is 23.3. The van der Waals surface area contributed by atoms with Crippen LogP contribution in [-0.4, -0.2) is 35.7 Å². The summed E-state index contributed by atoms with van der Waals surface area (Å²) in [6, 6.07) is 9.71. The van der Waals surface area contributed by atoms with E-state index in [9.17, 15) is 10.1 Å². The van der Waals surface area contributed by atoms with Crippen LogP contribution in [0.1, 0.15) is 40.9 Å². The van der Waals surface area contributed by atoms with Gasteiger partial charge in [0.05, 0.1) is 28.8 Å². The zero-order valence-corrected chi connectivity index (χ0v) is 19.9. The summed E-state index contributed by atoms with van der Waals surface area (Å²) in [4.78, 5) is 15.3. The van der Waals surface area contributed by atoms with Crippen molar-refractivity contribution in [3.8, 4) is 6.07 Å². The van der Waals surface area contributed by atoms with Crippen LogP contribution in [0.25, 0.3) is 11.0 Å². The number of ether oxygens (including phenoxy) is 1. The van der Waals surface area contributed by atoms with Crippen LogP contribution in [0.15, 0.2) is 24.3 Å². The molecule has 0 bridgehead atoms. The Morgan fingerprint density at radius 2 is 2.09 bits per heavy atom. The number of fused-ring (bicyclic) bond motifs is 1. The van der Waals surface area contributed by atoms with Crippen molar-refractivity contribution in [1.29, 1.82) is 5.26 Å². The number of imidazole rings is 1. The first kappa shape index (κ1) is 24.1. The molecule has 2 aromatic carbocycles. The summed E-state index contributed by atoms with van der Waals surface area (Å²) in [6.07, 6.45) is 3.44. The number of carbonyl (C=O) groups excluding carboxylic acids is 1. The molecule has 3 aromatic rings. The van der Waals surface area contributed by atoms with E-state index in [1.807, 2.05) is 42.8 Å². The molecule has 0 saturated heterocycles. The third-order valence-corrected chi connectivity index (χ3v) is 6.59. The SMILES string of the molecule is COC(CCNC=O)CCc1ccc(Cl)c(Cc2nc3c(C)cc(C#N)cc3n2C)c1Cl. The van der Waals surface area contributed by atoms with Gasteiger partial charge in [-0.05, 0) is 61.1 Å². The molecule has 168 valence electrons. The number of rotatable bonds is 10. The number of aromatic nitrogens is 2. The maximum atomic E-state index is 10.4. The predicted molar refractivity (Wildman–Crippen MR) is 127 cm³/mol. The summed E-state index contributed by atoms with van der Waals surface area (Å²) in [5.74, 6) is 0.828. The molecule has 1 N–H and O–H groups in total. The van der Waals surface area contributed by atoms with E-state index in [1.165, 1.54) is 0 Å². The first-order chi connectivity index (χ1) is 15.4. The van der Waals surface area contributed by atoms with E-state index in [0.717, 1.165) is 52.8 Å². The summed E-state index contributed by atoms with van der Waals surface area (Å²) >= 11 is 13.3. The van der Waals surface area contributed by atoms with Crippen molar-refractivity contribution >= 4 is 40.6 Å². The Kier molecular flexibility index (Phi) is 8.14. The van der Waals surface area contributed by atoms with E-state index < -0.39 is 0 Å². The number of aryl methyl sites for hydroxylation is 3. The number of amides is 1. The fourth-order valence-electron chi connectivity index (χ4n) is 3.89. The van der Waals surface area contributed by atoms with Gasteiger partial charge >= 0.3 is 0 Å². The third kappa shape index (κ3) is 5.24. The van der Waals surface area contributed by atoms with Crippen LogP contribution < -0.4 is 5.32 Å². The molecule has 1 aromatic heterocycles. The summed E-state index contributed by atoms with van der Waals surface area (Å²) in [5.41, 5.74) is 5.18. The van der Waals surface area contributed by atoms with E-state index in [4.69, 9.17) is 32.9 Å². The van der Waals surface area contributed by atoms with Gasteiger partial charge in [-0.2, -0.15) is 5.26 Å². The smallest absolute Gasteiger partial charge is 0.207 e. The van der Waals surface area contributed by atoms with Gasteiger partial charge in [0.1, 0.15) is 5.82 Å². The van der Waals surface area contributed by atoms with Crippen LogP contribution in [0, 0.1) is 18.3 Å². The first-order valence-electron chi connectivity index (χ1n) is 10.4. The van der Waals surface area contributed by atoms with Gasteiger partial charge in [-0.15, -0.1) is 0 Å². The number of halogens is 2. The molecular weight excluding hydrogens is 447 g/mol. The van der Waals surface area contributed by atoms with Gasteiger partial charge in [0, 0.05) is 37.2 Å². The average molecular weight is 473 g/mol. The molecule has 1 amide bonds. The molecule has 0 aliphatic rings. The van der Waals surface area contributed by atoms with Crippen molar-refractivity contribution in [1.82, 2.24) is 14.9 Å². The Labute approximate surface area is 198 Å². The molecule has 1 atom stereocenters. The van der Waals surface area contributed by atoms with E-state index in [-0.39, 0.29) is 6.10 Å². The lowest BCUT2D eigenvalue weighted by atomic mass is 10.0. The van der Waals surface area contributed by atoms with Crippen molar-refractivity contribution in [2.45, 2.75) is 38.7 Å². The van der Waals surface area contributed by atoms with E-state index in [1.54, 1.807) is 7.11 Å². The predicted octanol–water partition coefficient (Wildman–Crippen LogP) is 4.73. The van der Waals surface area contributed by atoms with Crippen LogP contribution in [0.2, 0.25) is 10.0 Å². The fraction of sp³-hybridized carbons (Fsp3) is 0.375. The minimum absolute atomic E-state index is 0.0230. The lowest BCUT2D eigenvalue weighted by Crippen LogP contribution is -2.21. The lowest BCUT2D eigenvalue weighted by Gasteiger charge is -2.17. The fourth-order valence-corrected chi connectivity index (χ4v) is 4.49. The second-order valence-electron chi connectivity index (χ2n) is 7.79. The van der Waals surface area contributed by atoms with Crippen LogP contribution in [0.4, 0.5) is 0 Å². The number of nitriles is 1. The maximum Gasteiger partial charge on any atom is 0.207 e. The molecule has 0 radical (unpaired) electrons. The van der Waals surface area contributed by atoms with Gasteiger partial charge < -0.3 is 14.6 Å². The highest BCUT2D eigenvalue weighted by molar-refractivity contribution is 6.36. The summed E-state index contributed by atoms with van der Waals surface area (Å²) in [5, 5.41) is 13.2. The molecule has 0 spiro atoms. The minimum Gasteiger partial charge on any atom is -0.381 e. The highest BCUT2D eigenvalue weighted by Gasteiger charge is 2.17. The van der Waals surface area contributed by atoms with Gasteiger partial charge in [-0.3, -0.25) is 4.79 Å². The van der Waals surface area contributed by atoms with Crippen LogP contribution in [0.3, 0.4) is 0 Å². The first-order valence-corrected chi connectivity index (χ1v) is 11.2. The van der Waals surface area contributed by atoms with E-state index in [0.29, 0.717) is 35.0 Å². The molecule has 0 fully saturated rings. The van der Waals surface area contributed by atoms with Crippen molar-refractivity contribution in [2.24, 2.45) is 7.05 Å². The van der Waals surface area contributed by atoms with E-state index >= 15 is 0 Å². The summed E-state index contributed by atoms with van der Waals surface area (Å²) < 4.78 is 7.52. The van der Waals surface area contributed by atoms with Crippen molar-refractivity contribution in [2.75, 3.05) is 13.7 Å². The Bertz CT molecular complexity index is 1170. The van der Waals surface area contributed by atoms with Gasteiger partial charge in [0.15, 0.2) is 0 Å². The second kappa shape index (κ2) is 10.8. The monoisotopic (exact) mass is 472 g/mol. The highest BCUT2D eigenvalue weighted by atomic mass is 35.5. The van der Waals surface area contributed by atoms with Gasteiger partial charge in [-0.1, -0.05) is 29.3 Å². The molecule has 3 rings (SSSR count). The Balaban J connectivity index is 1.85. The molecule has 1 unspecified atom stereocenters. The van der Waals surface area contributed by atoms with E-state index in [2.05, 4.69) is 11.4 Å². The molecule has 0 saturated carbocycles. The number of nitrogens with one attached hydrogen (secondary N) is 1. The summed E-state index contributed by atoms with van der Waals surface area (Å²) in [6.45, 7) is 2.53. The molecule has 6 nitrogen and oxygen atoms in total. The number of nitrogens with zero attached hydrogens (tertiary/aromatic N) is 3. The third-order valence-electron chi connectivity index (χ3n) is 5.76. The van der Waals surface area contributed by atoms with Crippen LogP contribution in [0.5, 0.6) is 0 Å². The number of benzene rings is 2. The van der Waals surface area contributed by atoms with Crippen molar-refractivity contribution in [3.05, 3.63) is 62.4 Å².